The predicted molar refractivity (Wildman–Crippen MR) is 47.3 cm³/mol. The van der Waals surface area contributed by atoms with Crippen molar-refractivity contribution in [3.8, 4) is 0 Å². The van der Waals surface area contributed by atoms with Crippen LogP contribution in [-0.2, 0) is 0 Å². The molecule has 0 radical (unpaired) electrons. The second-order valence-electron chi connectivity index (χ2n) is 2.93. The van der Waals surface area contributed by atoms with Crippen LogP contribution in [0.5, 0.6) is 0 Å². The minimum absolute atomic E-state index is 0.262. The van der Waals surface area contributed by atoms with Crippen LogP contribution in [0.15, 0.2) is 12.5 Å². The Kier molecular flexibility index (Phi) is 2.38. The summed E-state index contributed by atoms with van der Waals surface area (Å²) < 4.78 is 0. The van der Waals surface area contributed by atoms with E-state index >= 15 is 0 Å². The summed E-state index contributed by atoms with van der Waals surface area (Å²) >= 11 is 0. The van der Waals surface area contributed by atoms with Crippen molar-refractivity contribution < 1.29 is 5.41 Å². The summed E-state index contributed by atoms with van der Waals surface area (Å²) in [6.07, 6.45) is 3.05. The molecule has 0 atom stereocenters. The van der Waals surface area contributed by atoms with Gasteiger partial charge in [-0.25, -0.2) is 9.97 Å². The van der Waals surface area contributed by atoms with Crippen molar-refractivity contribution in [2.24, 2.45) is 5.92 Å². The van der Waals surface area contributed by atoms with Crippen molar-refractivity contribution >= 4 is 11.5 Å². The Morgan fingerprint density at radius 1 is 1.58 bits per heavy atom. The molecule has 64 valence electrons. The molecule has 0 saturated carbocycles. The molecule has 0 spiro atoms. The Labute approximate surface area is 71.4 Å². The van der Waals surface area contributed by atoms with E-state index in [0.717, 1.165) is 11.3 Å². The monoisotopic (exact) mass is 165 g/mol. The van der Waals surface area contributed by atoms with Crippen LogP contribution in [0.2, 0.25) is 0 Å². The van der Waals surface area contributed by atoms with Crippen molar-refractivity contribution in [3.05, 3.63) is 18.1 Å². The fraction of sp³-hybridized carbons (Fsp3) is 0.375. The second-order valence-corrected chi connectivity index (χ2v) is 2.93. The summed E-state index contributed by atoms with van der Waals surface area (Å²) in [7, 11) is 0. The topological polar surface area (TPSA) is 77.4 Å². The van der Waals surface area contributed by atoms with E-state index in [9.17, 15) is 0 Å². The van der Waals surface area contributed by atoms with Gasteiger partial charge in [0.1, 0.15) is 17.7 Å². The third-order valence-electron chi connectivity index (χ3n) is 1.68. The molecule has 4 N–H and O–H groups in total. The predicted octanol–water partition coefficient (Wildman–Crippen LogP) is -0.737. The molecular formula is C8H13N4+. The summed E-state index contributed by atoms with van der Waals surface area (Å²) in [6.45, 7) is 4.00. The van der Waals surface area contributed by atoms with Gasteiger partial charge >= 0.3 is 0 Å². The molecule has 0 unspecified atom stereocenters. The number of hydrogen-bond donors (Lipinski definition) is 2. The zero-order chi connectivity index (χ0) is 9.14. The highest BCUT2D eigenvalue weighted by atomic mass is 14.9. The number of hydrogen-bond acceptors (Lipinski definition) is 3. The normalized spacial score (nSPS) is 10.2. The summed E-state index contributed by atoms with van der Waals surface area (Å²) in [5, 5.41) is 5.80. The van der Waals surface area contributed by atoms with Gasteiger partial charge in [0.25, 0.3) is 0 Å². The lowest BCUT2D eigenvalue weighted by Crippen LogP contribution is -2.44. The zero-order valence-electron chi connectivity index (χ0n) is 7.28. The summed E-state index contributed by atoms with van der Waals surface area (Å²) in [5.74, 6) is 0.703. The molecule has 0 saturated heterocycles. The van der Waals surface area contributed by atoms with E-state index in [0.29, 0.717) is 5.82 Å². The highest BCUT2D eigenvalue weighted by Gasteiger charge is 2.15. The fourth-order valence-corrected chi connectivity index (χ4v) is 0.873. The van der Waals surface area contributed by atoms with Gasteiger partial charge < -0.3 is 5.73 Å². The first-order valence-corrected chi connectivity index (χ1v) is 3.81. The van der Waals surface area contributed by atoms with Crippen LogP contribution in [0.3, 0.4) is 0 Å². The number of aromatic nitrogens is 2. The van der Waals surface area contributed by atoms with Crippen LogP contribution in [0, 0.1) is 5.92 Å². The lowest BCUT2D eigenvalue weighted by molar-refractivity contribution is -0.117. The molecule has 0 bridgehead atoms. The molecule has 0 fully saturated rings. The van der Waals surface area contributed by atoms with Crippen LogP contribution >= 0.6 is 0 Å². The number of nitrogens with two attached hydrogens (primary N) is 2. The maximum absolute atomic E-state index is 5.80. The highest BCUT2D eigenvalue weighted by molar-refractivity contribution is 6.00. The average Bonchev–Trinajstić information content (AvgIpc) is 2.04. The first-order valence-electron chi connectivity index (χ1n) is 3.81. The molecule has 4 nitrogen and oxygen atoms in total. The van der Waals surface area contributed by atoms with Gasteiger partial charge in [-0.3, -0.25) is 5.41 Å². The number of nitrogen functional groups attached to an aromatic ring is 1. The van der Waals surface area contributed by atoms with Crippen LogP contribution in [-0.4, -0.2) is 15.7 Å². The van der Waals surface area contributed by atoms with Crippen LogP contribution in [0.1, 0.15) is 19.4 Å². The zero-order valence-corrected chi connectivity index (χ0v) is 7.28. The Bertz CT molecular complexity index is 293. The molecule has 1 heterocycles. The van der Waals surface area contributed by atoms with Gasteiger partial charge in [0.2, 0.25) is 0 Å². The van der Waals surface area contributed by atoms with E-state index in [1.165, 1.54) is 6.33 Å². The van der Waals surface area contributed by atoms with Crippen LogP contribution in [0.4, 0.5) is 5.82 Å². The minimum Gasteiger partial charge on any atom is -0.383 e. The number of anilines is 1. The molecule has 0 amide bonds. The van der Waals surface area contributed by atoms with Crippen LogP contribution in [0.25, 0.3) is 0 Å². The van der Waals surface area contributed by atoms with Crippen molar-refractivity contribution in [1.29, 1.82) is 0 Å². The summed E-state index contributed by atoms with van der Waals surface area (Å²) in [5.41, 5.74) is 7.08. The Morgan fingerprint density at radius 2 is 2.25 bits per heavy atom. The number of nitrogens with zero attached hydrogens (tertiary/aromatic N) is 2. The van der Waals surface area contributed by atoms with Gasteiger partial charge in [-0.05, 0) is 0 Å². The lowest BCUT2D eigenvalue weighted by Gasteiger charge is -2.03. The number of rotatable bonds is 2. The van der Waals surface area contributed by atoms with E-state index in [4.69, 9.17) is 11.1 Å². The van der Waals surface area contributed by atoms with Gasteiger partial charge in [0.05, 0.1) is 0 Å². The molecule has 0 aromatic carbocycles. The summed E-state index contributed by atoms with van der Waals surface area (Å²) in [4.78, 5) is 7.71. The molecule has 4 heteroatoms. The maximum atomic E-state index is 5.80. The third-order valence-corrected chi connectivity index (χ3v) is 1.68. The smallest absolute Gasteiger partial charge is 0.187 e. The van der Waals surface area contributed by atoms with Crippen molar-refractivity contribution in [2.45, 2.75) is 13.8 Å². The van der Waals surface area contributed by atoms with Gasteiger partial charge in [-0.2, -0.15) is 0 Å². The van der Waals surface area contributed by atoms with Crippen molar-refractivity contribution in [2.75, 3.05) is 5.73 Å². The van der Waals surface area contributed by atoms with Crippen molar-refractivity contribution in [3.63, 3.8) is 0 Å². The first-order chi connectivity index (χ1) is 5.63. The fourth-order valence-electron chi connectivity index (χ4n) is 0.873. The minimum atomic E-state index is 0.262. The Hall–Kier alpha value is -1.45. The van der Waals surface area contributed by atoms with E-state index in [-0.39, 0.29) is 5.92 Å². The molecule has 1 aromatic heterocycles. The highest BCUT2D eigenvalue weighted by Crippen LogP contribution is 2.09. The van der Waals surface area contributed by atoms with Gasteiger partial charge in [0.15, 0.2) is 5.71 Å². The van der Waals surface area contributed by atoms with Crippen LogP contribution < -0.4 is 11.1 Å². The molecule has 1 rings (SSSR count). The van der Waals surface area contributed by atoms with E-state index in [1.807, 2.05) is 13.8 Å². The quantitative estimate of drug-likeness (QED) is 0.567. The average molecular weight is 165 g/mol. The van der Waals surface area contributed by atoms with Gasteiger partial charge in [-0.1, -0.05) is 13.8 Å². The Morgan fingerprint density at radius 3 is 2.75 bits per heavy atom. The van der Waals surface area contributed by atoms with E-state index in [2.05, 4.69) is 9.97 Å². The van der Waals surface area contributed by atoms with E-state index in [1.54, 1.807) is 6.20 Å². The molecule has 0 aliphatic carbocycles. The Balaban J connectivity index is 3.03. The molecule has 12 heavy (non-hydrogen) atoms. The van der Waals surface area contributed by atoms with Gasteiger partial charge in [-0.15, -0.1) is 0 Å². The SMILES string of the molecule is CC(C)C(=[NH2+])c1cncnc1N. The standard InChI is InChI=1S/C8H12N4/c1-5(2)7(9)6-3-11-4-12-8(6)10/h3-5,9H,1-2H3,(H2,10,11,12)/p+1. The molecular weight excluding hydrogens is 152 g/mol. The molecule has 1 aromatic rings. The molecule has 0 aliphatic rings. The summed E-state index contributed by atoms with van der Waals surface area (Å²) in [6, 6.07) is 0. The first kappa shape index (κ1) is 8.64. The largest absolute Gasteiger partial charge is 0.383 e. The molecule has 0 aliphatic heterocycles. The van der Waals surface area contributed by atoms with Crippen molar-refractivity contribution in [1.82, 2.24) is 9.97 Å². The van der Waals surface area contributed by atoms with E-state index < -0.39 is 0 Å². The maximum Gasteiger partial charge on any atom is 0.187 e. The second kappa shape index (κ2) is 3.30. The lowest BCUT2D eigenvalue weighted by atomic mass is 10.0. The van der Waals surface area contributed by atoms with Gasteiger partial charge in [0, 0.05) is 12.1 Å². The third kappa shape index (κ3) is 1.58.